The van der Waals surface area contributed by atoms with Gasteiger partial charge >= 0.3 is 12.2 Å². The van der Waals surface area contributed by atoms with Crippen molar-refractivity contribution in [3.8, 4) is 12.3 Å². The van der Waals surface area contributed by atoms with Crippen molar-refractivity contribution in [3.63, 3.8) is 0 Å². The van der Waals surface area contributed by atoms with E-state index in [1.165, 1.54) is 18.2 Å². The number of rotatable bonds is 2. The van der Waals surface area contributed by atoms with Gasteiger partial charge in [0.15, 0.2) is 0 Å². The first-order valence-corrected chi connectivity index (χ1v) is 5.60. The maximum absolute atomic E-state index is 13.0. The summed E-state index contributed by atoms with van der Waals surface area (Å²) in [5.74, 6) is 2.02. The largest absolute Gasteiger partial charge is 0.416 e. The Morgan fingerprint density at radius 1 is 1.40 bits per heavy atom. The second-order valence-electron chi connectivity index (χ2n) is 4.14. The summed E-state index contributed by atoms with van der Waals surface area (Å²) in [7, 11) is 0. The molecular formula is C13H10F3N3O. The van der Waals surface area contributed by atoms with Gasteiger partial charge in [0.25, 0.3) is 0 Å². The predicted molar refractivity (Wildman–Crippen MR) is 66.7 cm³/mol. The number of hydrogen-bond donors (Lipinski definition) is 1. The van der Waals surface area contributed by atoms with Gasteiger partial charge in [-0.25, -0.2) is 4.79 Å². The zero-order chi connectivity index (χ0) is 14.9. The molecule has 1 heterocycles. The number of amidine groups is 1. The van der Waals surface area contributed by atoms with Gasteiger partial charge in [-0.1, -0.05) is 24.1 Å². The highest BCUT2D eigenvalue weighted by molar-refractivity contribution is 6.03. The van der Waals surface area contributed by atoms with Crippen molar-refractivity contribution < 1.29 is 18.0 Å². The van der Waals surface area contributed by atoms with E-state index in [1.807, 2.05) is 0 Å². The first-order valence-electron chi connectivity index (χ1n) is 5.60. The fourth-order valence-electron chi connectivity index (χ4n) is 2.08. The summed E-state index contributed by atoms with van der Waals surface area (Å²) in [6.45, 7) is -0.167. The highest BCUT2D eigenvalue weighted by Gasteiger charge is 2.41. The molecule has 1 aromatic rings. The van der Waals surface area contributed by atoms with Gasteiger partial charge in [-0.05, 0) is 11.6 Å². The first-order chi connectivity index (χ1) is 9.36. The number of terminal acetylenes is 1. The zero-order valence-corrected chi connectivity index (χ0v) is 10.2. The fourth-order valence-corrected chi connectivity index (χ4v) is 2.08. The molecule has 0 spiro atoms. The molecule has 2 N–H and O–H groups in total. The van der Waals surface area contributed by atoms with Crippen molar-refractivity contribution in [1.29, 1.82) is 0 Å². The Hall–Kier alpha value is -2.49. The van der Waals surface area contributed by atoms with Crippen molar-refractivity contribution >= 4 is 11.9 Å². The van der Waals surface area contributed by atoms with E-state index in [0.717, 1.165) is 11.0 Å². The molecular weight excluding hydrogens is 271 g/mol. The van der Waals surface area contributed by atoms with Gasteiger partial charge in [0.2, 0.25) is 0 Å². The number of carbonyl (C=O) groups excluding carboxylic acids is 1. The minimum absolute atomic E-state index is 0.137. The number of benzene rings is 1. The van der Waals surface area contributed by atoms with Gasteiger partial charge in [-0.2, -0.15) is 18.2 Å². The topological polar surface area (TPSA) is 58.7 Å². The molecule has 0 saturated carbocycles. The van der Waals surface area contributed by atoms with Gasteiger partial charge in [0.1, 0.15) is 11.9 Å². The van der Waals surface area contributed by atoms with E-state index in [-0.39, 0.29) is 17.9 Å². The van der Waals surface area contributed by atoms with Crippen molar-refractivity contribution in [2.45, 2.75) is 12.2 Å². The van der Waals surface area contributed by atoms with E-state index in [9.17, 15) is 18.0 Å². The van der Waals surface area contributed by atoms with E-state index >= 15 is 0 Å². The Morgan fingerprint density at radius 3 is 2.65 bits per heavy atom. The molecule has 2 rings (SSSR count). The summed E-state index contributed by atoms with van der Waals surface area (Å²) in [4.78, 5) is 16.1. The molecule has 1 atom stereocenters. The van der Waals surface area contributed by atoms with Crippen molar-refractivity contribution in [2.75, 3.05) is 6.54 Å². The summed E-state index contributed by atoms with van der Waals surface area (Å²) in [5, 5.41) is 0. The Labute approximate surface area is 113 Å². The predicted octanol–water partition coefficient (Wildman–Crippen LogP) is 2.17. The monoisotopic (exact) mass is 281 g/mol. The van der Waals surface area contributed by atoms with Crippen LogP contribution in [0.1, 0.15) is 17.2 Å². The third-order valence-electron chi connectivity index (χ3n) is 2.88. The number of amides is 2. The lowest BCUT2D eigenvalue weighted by molar-refractivity contribution is -0.138. The normalized spacial score (nSPS) is 18.9. The van der Waals surface area contributed by atoms with Gasteiger partial charge < -0.3 is 5.73 Å². The fraction of sp³-hybridized carbons (Fsp3) is 0.231. The second-order valence-corrected chi connectivity index (χ2v) is 4.14. The van der Waals surface area contributed by atoms with Gasteiger partial charge in [0.05, 0.1) is 12.1 Å². The van der Waals surface area contributed by atoms with E-state index < -0.39 is 23.8 Å². The number of hydrogen-bond acceptors (Lipinski definition) is 2. The molecule has 1 aromatic carbocycles. The van der Waals surface area contributed by atoms with Crippen molar-refractivity contribution in [1.82, 2.24) is 4.90 Å². The maximum Gasteiger partial charge on any atom is 0.416 e. The molecule has 0 aliphatic carbocycles. The molecule has 4 nitrogen and oxygen atoms in total. The van der Waals surface area contributed by atoms with Crippen LogP contribution in [0.25, 0.3) is 0 Å². The average Bonchev–Trinajstić information content (AvgIpc) is 2.64. The molecule has 1 aliphatic heterocycles. The Balaban J connectivity index is 2.53. The van der Waals surface area contributed by atoms with Gasteiger partial charge in [-0.3, -0.25) is 4.90 Å². The summed E-state index contributed by atoms with van der Waals surface area (Å²) in [5.41, 5.74) is 4.59. The molecule has 0 bridgehead atoms. The molecule has 1 aliphatic rings. The van der Waals surface area contributed by atoms with Crippen LogP contribution in [0.15, 0.2) is 29.3 Å². The zero-order valence-electron chi connectivity index (χ0n) is 10.2. The van der Waals surface area contributed by atoms with Crippen LogP contribution in [0.2, 0.25) is 0 Å². The van der Waals surface area contributed by atoms with E-state index in [0.29, 0.717) is 0 Å². The minimum Gasteiger partial charge on any atom is -0.385 e. The third-order valence-corrected chi connectivity index (χ3v) is 2.88. The highest BCUT2D eigenvalue weighted by Crippen LogP contribution is 2.37. The van der Waals surface area contributed by atoms with Gasteiger partial charge in [0, 0.05) is 0 Å². The molecule has 20 heavy (non-hydrogen) atoms. The minimum atomic E-state index is -4.55. The number of aliphatic imine (C=N–C) groups is 1. The van der Waals surface area contributed by atoms with Crippen LogP contribution in [0.5, 0.6) is 0 Å². The number of nitrogens with two attached hydrogens (primary N) is 1. The van der Waals surface area contributed by atoms with Crippen LogP contribution in [-0.2, 0) is 6.18 Å². The van der Waals surface area contributed by atoms with Gasteiger partial charge in [-0.15, -0.1) is 6.42 Å². The van der Waals surface area contributed by atoms with E-state index in [4.69, 9.17) is 12.2 Å². The average molecular weight is 281 g/mol. The number of urea groups is 1. The Morgan fingerprint density at radius 2 is 2.05 bits per heavy atom. The number of carbonyl (C=O) groups is 1. The van der Waals surface area contributed by atoms with E-state index in [2.05, 4.69) is 10.9 Å². The second kappa shape index (κ2) is 4.89. The van der Waals surface area contributed by atoms with Crippen LogP contribution in [-0.4, -0.2) is 23.3 Å². The molecule has 104 valence electrons. The maximum atomic E-state index is 13.0. The van der Waals surface area contributed by atoms with E-state index in [1.54, 1.807) is 0 Å². The Bertz CT molecular complexity index is 616. The molecule has 1 unspecified atom stereocenters. The molecule has 7 heteroatoms. The highest BCUT2D eigenvalue weighted by atomic mass is 19.4. The Kier molecular flexibility index (Phi) is 3.40. The molecule has 0 aromatic heterocycles. The summed E-state index contributed by atoms with van der Waals surface area (Å²) in [6, 6.07) is 3.08. The summed E-state index contributed by atoms with van der Waals surface area (Å²) < 4.78 is 39.0. The summed E-state index contributed by atoms with van der Waals surface area (Å²) in [6.07, 6.45) is 0.571. The SMILES string of the molecule is C#CCN1C(=O)N=C(N)C1c1ccccc1C(F)(F)F. The first kappa shape index (κ1) is 13.9. The number of nitrogens with zero attached hydrogens (tertiary/aromatic N) is 2. The third kappa shape index (κ3) is 2.32. The summed E-state index contributed by atoms with van der Waals surface area (Å²) >= 11 is 0. The lowest BCUT2D eigenvalue weighted by Gasteiger charge is -2.25. The lowest BCUT2D eigenvalue weighted by atomic mass is 9.98. The lowest BCUT2D eigenvalue weighted by Crippen LogP contribution is -2.35. The van der Waals surface area contributed by atoms with Crippen molar-refractivity contribution in [3.05, 3.63) is 35.4 Å². The van der Waals surface area contributed by atoms with Crippen LogP contribution in [0.3, 0.4) is 0 Å². The number of alkyl halides is 3. The molecule has 2 amide bonds. The number of halogens is 3. The van der Waals surface area contributed by atoms with Crippen LogP contribution in [0.4, 0.5) is 18.0 Å². The van der Waals surface area contributed by atoms with Crippen LogP contribution < -0.4 is 5.73 Å². The standard InChI is InChI=1S/C13H10F3N3O/c1-2-7-19-10(11(17)18-12(19)20)8-5-3-4-6-9(8)13(14,15)16/h1,3-6,10H,7H2,(H2,17,18,20). The smallest absolute Gasteiger partial charge is 0.385 e. The molecule has 0 saturated heterocycles. The quantitative estimate of drug-likeness (QED) is 0.845. The van der Waals surface area contributed by atoms with Crippen LogP contribution in [0, 0.1) is 12.3 Å². The van der Waals surface area contributed by atoms with Crippen molar-refractivity contribution in [2.24, 2.45) is 10.7 Å². The molecule has 0 fully saturated rings. The molecule has 0 radical (unpaired) electrons. The van der Waals surface area contributed by atoms with Crippen LogP contribution >= 0.6 is 0 Å².